The molecule has 23 heavy (non-hydrogen) atoms. The number of benzene rings is 1. The van der Waals surface area contributed by atoms with Gasteiger partial charge in [-0.2, -0.15) is 0 Å². The zero-order valence-corrected chi connectivity index (χ0v) is 13.8. The summed E-state index contributed by atoms with van der Waals surface area (Å²) in [4.78, 5) is 12.1. The Morgan fingerprint density at radius 3 is 2.96 bits per heavy atom. The predicted molar refractivity (Wildman–Crippen MR) is 84.0 cm³/mol. The summed E-state index contributed by atoms with van der Waals surface area (Å²) in [6.45, 7) is 1.18. The van der Waals surface area contributed by atoms with Gasteiger partial charge < -0.3 is 10.1 Å². The number of carbonyl (C=O) groups is 1. The molecule has 0 spiro atoms. The van der Waals surface area contributed by atoms with Crippen molar-refractivity contribution in [3.8, 4) is 5.75 Å². The summed E-state index contributed by atoms with van der Waals surface area (Å²) in [5.41, 5.74) is 0. The smallest absolute Gasteiger partial charge is 0.224 e. The van der Waals surface area contributed by atoms with E-state index in [4.69, 9.17) is 4.74 Å². The molecule has 1 aliphatic rings. The highest BCUT2D eigenvalue weighted by atomic mass is 32.2. The van der Waals surface area contributed by atoms with Crippen molar-refractivity contribution in [3.05, 3.63) is 30.1 Å². The van der Waals surface area contributed by atoms with Gasteiger partial charge in [0.05, 0.1) is 18.7 Å². The number of hydrogen-bond acceptors (Lipinski definition) is 4. The second kappa shape index (κ2) is 7.74. The predicted octanol–water partition coefficient (Wildman–Crippen LogP) is 0.992. The Balaban J connectivity index is 1.74. The third kappa shape index (κ3) is 5.47. The largest absolute Gasteiger partial charge is 0.492 e. The highest BCUT2D eigenvalue weighted by molar-refractivity contribution is 7.88. The van der Waals surface area contributed by atoms with Gasteiger partial charge >= 0.3 is 0 Å². The molecule has 1 fully saturated rings. The number of rotatable bonds is 6. The van der Waals surface area contributed by atoms with Gasteiger partial charge in [0.1, 0.15) is 18.2 Å². The number of halogens is 1. The minimum Gasteiger partial charge on any atom is -0.492 e. The maximum absolute atomic E-state index is 13.0. The minimum atomic E-state index is -3.26. The minimum absolute atomic E-state index is 0.179. The van der Waals surface area contributed by atoms with E-state index in [1.54, 1.807) is 12.1 Å². The Hall–Kier alpha value is -1.67. The van der Waals surface area contributed by atoms with Crippen molar-refractivity contribution in [2.24, 2.45) is 5.92 Å². The molecule has 1 heterocycles. The van der Waals surface area contributed by atoms with Gasteiger partial charge in [-0.3, -0.25) is 4.79 Å². The van der Waals surface area contributed by atoms with Crippen LogP contribution < -0.4 is 10.1 Å². The molecule has 1 saturated heterocycles. The first-order chi connectivity index (χ1) is 10.9. The number of sulfonamides is 1. The maximum Gasteiger partial charge on any atom is 0.224 e. The molecule has 6 nitrogen and oxygen atoms in total. The number of carbonyl (C=O) groups excluding carboxylic acids is 1. The molecule has 2 rings (SSSR count). The van der Waals surface area contributed by atoms with E-state index in [1.807, 2.05) is 0 Å². The summed E-state index contributed by atoms with van der Waals surface area (Å²) >= 11 is 0. The lowest BCUT2D eigenvalue weighted by molar-refractivity contribution is -0.126. The van der Waals surface area contributed by atoms with Gasteiger partial charge in [-0.1, -0.05) is 6.07 Å². The van der Waals surface area contributed by atoms with Crippen LogP contribution in [-0.4, -0.2) is 51.1 Å². The van der Waals surface area contributed by atoms with Crippen molar-refractivity contribution >= 4 is 15.9 Å². The molecule has 0 bridgehead atoms. The fourth-order valence-corrected chi connectivity index (χ4v) is 3.41. The fraction of sp³-hybridized carbons (Fsp3) is 0.533. The van der Waals surface area contributed by atoms with Crippen LogP contribution in [0.4, 0.5) is 4.39 Å². The van der Waals surface area contributed by atoms with Crippen LogP contribution in [-0.2, 0) is 14.8 Å². The van der Waals surface area contributed by atoms with Crippen molar-refractivity contribution in [2.45, 2.75) is 12.8 Å². The van der Waals surface area contributed by atoms with Crippen molar-refractivity contribution in [2.75, 3.05) is 32.5 Å². The quantitative estimate of drug-likeness (QED) is 0.781. The molecule has 128 valence electrons. The summed E-state index contributed by atoms with van der Waals surface area (Å²) < 4.78 is 42.7. The van der Waals surface area contributed by atoms with Gasteiger partial charge in [0.15, 0.2) is 0 Å². The van der Waals surface area contributed by atoms with Crippen LogP contribution in [0.1, 0.15) is 12.8 Å². The van der Waals surface area contributed by atoms with Gasteiger partial charge in [-0.25, -0.2) is 17.1 Å². The molecule has 1 atom stereocenters. The van der Waals surface area contributed by atoms with Gasteiger partial charge in [0, 0.05) is 19.2 Å². The van der Waals surface area contributed by atoms with Crippen LogP contribution in [0.3, 0.4) is 0 Å². The normalized spacial score (nSPS) is 19.3. The molecule has 0 aromatic heterocycles. The van der Waals surface area contributed by atoms with E-state index in [1.165, 1.54) is 16.4 Å². The van der Waals surface area contributed by atoms with Crippen LogP contribution in [0.15, 0.2) is 24.3 Å². The summed E-state index contributed by atoms with van der Waals surface area (Å²) in [5, 5.41) is 2.73. The average Bonchev–Trinajstić information content (AvgIpc) is 2.51. The van der Waals surface area contributed by atoms with E-state index < -0.39 is 10.0 Å². The number of piperidine rings is 1. The first-order valence-corrected chi connectivity index (χ1v) is 9.32. The van der Waals surface area contributed by atoms with E-state index in [9.17, 15) is 17.6 Å². The van der Waals surface area contributed by atoms with Crippen molar-refractivity contribution < 1.29 is 22.3 Å². The van der Waals surface area contributed by atoms with Gasteiger partial charge in [0.2, 0.25) is 15.9 Å². The highest BCUT2D eigenvalue weighted by Gasteiger charge is 2.29. The zero-order valence-electron chi connectivity index (χ0n) is 13.0. The monoisotopic (exact) mass is 344 g/mol. The van der Waals surface area contributed by atoms with Crippen LogP contribution in [0, 0.1) is 11.7 Å². The lowest BCUT2D eigenvalue weighted by atomic mass is 9.99. The summed E-state index contributed by atoms with van der Waals surface area (Å²) in [5.74, 6) is -0.497. The average molecular weight is 344 g/mol. The number of nitrogens with zero attached hydrogens (tertiary/aromatic N) is 1. The van der Waals surface area contributed by atoms with E-state index in [2.05, 4.69) is 5.32 Å². The Labute approximate surface area is 135 Å². The Bertz CT molecular complexity index is 651. The van der Waals surface area contributed by atoms with Gasteiger partial charge in [-0.05, 0) is 25.0 Å². The second-order valence-electron chi connectivity index (χ2n) is 5.56. The van der Waals surface area contributed by atoms with Gasteiger partial charge in [0.25, 0.3) is 0 Å². The lowest BCUT2D eigenvalue weighted by Crippen LogP contribution is -2.45. The molecule has 1 amide bonds. The molecular formula is C15H21FN2O4S. The topological polar surface area (TPSA) is 75.7 Å². The van der Waals surface area contributed by atoms with Crippen molar-refractivity contribution in [1.82, 2.24) is 9.62 Å². The second-order valence-corrected chi connectivity index (χ2v) is 7.54. The van der Waals surface area contributed by atoms with E-state index in [0.717, 1.165) is 6.26 Å². The molecule has 1 N–H and O–H groups in total. The third-order valence-electron chi connectivity index (χ3n) is 3.69. The molecular weight excluding hydrogens is 323 g/mol. The molecule has 1 aromatic rings. The van der Waals surface area contributed by atoms with Crippen LogP contribution in [0.5, 0.6) is 5.75 Å². The maximum atomic E-state index is 13.0. The Kier molecular flexibility index (Phi) is 5.95. The molecule has 1 aromatic carbocycles. The molecule has 1 aliphatic heterocycles. The Morgan fingerprint density at radius 2 is 2.26 bits per heavy atom. The summed E-state index contributed by atoms with van der Waals surface area (Å²) in [7, 11) is -3.26. The van der Waals surface area contributed by atoms with E-state index >= 15 is 0 Å². The number of amides is 1. The first-order valence-electron chi connectivity index (χ1n) is 7.47. The lowest BCUT2D eigenvalue weighted by Gasteiger charge is -2.30. The fourth-order valence-electron chi connectivity index (χ4n) is 2.50. The molecule has 8 heteroatoms. The number of hydrogen-bond donors (Lipinski definition) is 1. The zero-order chi connectivity index (χ0) is 16.9. The van der Waals surface area contributed by atoms with Crippen LogP contribution >= 0.6 is 0 Å². The summed E-state index contributed by atoms with van der Waals surface area (Å²) in [6, 6.07) is 5.78. The molecule has 0 aliphatic carbocycles. The number of ether oxygens (including phenoxy) is 1. The standard InChI is InChI=1S/C15H21FN2O4S/c1-23(20,21)18-8-3-4-12(11-18)15(19)17-7-9-22-14-6-2-5-13(16)10-14/h2,5-6,10,12H,3-4,7-9,11H2,1H3,(H,17,19). The SMILES string of the molecule is CS(=O)(=O)N1CCCC(C(=O)NCCOc2cccc(F)c2)C1. The van der Waals surface area contributed by atoms with Crippen molar-refractivity contribution in [1.29, 1.82) is 0 Å². The van der Waals surface area contributed by atoms with Crippen molar-refractivity contribution in [3.63, 3.8) is 0 Å². The van der Waals surface area contributed by atoms with Crippen LogP contribution in [0.25, 0.3) is 0 Å². The van der Waals surface area contributed by atoms with Crippen LogP contribution in [0.2, 0.25) is 0 Å². The highest BCUT2D eigenvalue weighted by Crippen LogP contribution is 2.18. The van der Waals surface area contributed by atoms with Gasteiger partial charge in [-0.15, -0.1) is 0 Å². The van der Waals surface area contributed by atoms with E-state index in [-0.39, 0.29) is 37.3 Å². The molecule has 0 radical (unpaired) electrons. The Morgan fingerprint density at radius 1 is 1.48 bits per heavy atom. The molecule has 0 saturated carbocycles. The third-order valence-corrected chi connectivity index (χ3v) is 4.96. The first kappa shape index (κ1) is 17.7. The summed E-state index contributed by atoms with van der Waals surface area (Å²) in [6.07, 6.45) is 2.49. The number of nitrogens with one attached hydrogen (secondary N) is 1. The van der Waals surface area contributed by atoms with E-state index in [0.29, 0.717) is 25.1 Å². The molecule has 1 unspecified atom stereocenters.